The molecule has 1 nitrogen and oxygen atoms in total. The molecule has 1 unspecified atom stereocenters. The van der Waals surface area contributed by atoms with Crippen molar-refractivity contribution in [2.24, 2.45) is 5.92 Å². The van der Waals surface area contributed by atoms with Crippen LogP contribution in [0, 0.1) is 5.92 Å². The van der Waals surface area contributed by atoms with Gasteiger partial charge in [0.05, 0.1) is 0 Å². The van der Waals surface area contributed by atoms with E-state index in [0.29, 0.717) is 0 Å². The molecule has 0 aromatic rings. The Morgan fingerprint density at radius 3 is 1.25 bits per heavy atom. The van der Waals surface area contributed by atoms with Crippen LogP contribution in [0.3, 0.4) is 0 Å². The molecule has 0 spiro atoms. The molecule has 138 valence electrons. The molecule has 0 rings (SSSR count). The van der Waals surface area contributed by atoms with Crippen LogP contribution in [0.4, 0.5) is 0 Å². The predicted molar refractivity (Wildman–Crippen MR) is 106 cm³/mol. The van der Waals surface area contributed by atoms with Gasteiger partial charge in [0.2, 0.25) is 0 Å². The number of hydrogen-bond acceptors (Lipinski definition) is 2. The van der Waals surface area contributed by atoms with Crippen molar-refractivity contribution < 1.29 is 34.7 Å². The minimum atomic E-state index is -0.0639. The fourth-order valence-corrected chi connectivity index (χ4v) is 3.23. The molecular formula is C21H41NaOS. The molecule has 0 radical (unpaired) electrons. The van der Waals surface area contributed by atoms with Crippen molar-refractivity contribution >= 4 is 17.3 Å². The second-order valence-electron chi connectivity index (χ2n) is 7.31. The molecular weight excluding hydrogens is 323 g/mol. The first-order valence-electron chi connectivity index (χ1n) is 10.4. The molecule has 0 bridgehead atoms. The summed E-state index contributed by atoms with van der Waals surface area (Å²) in [6.07, 6.45) is 23.3. The Labute approximate surface area is 180 Å². The summed E-state index contributed by atoms with van der Waals surface area (Å²) < 4.78 is 0. The molecule has 1 atom stereocenters. The standard InChI is InChI=1S/C21H42OS.Na/c1-3-4-5-6-7-8-9-10-11-12-13-14-15-16-17-18-19-20(2)21(22)23;/h20H,3-19H2,1-2H3,(H,22,23);/q;+1/p-1. The van der Waals surface area contributed by atoms with E-state index in [2.05, 4.69) is 19.1 Å². The van der Waals surface area contributed by atoms with Gasteiger partial charge in [0.15, 0.2) is 0 Å². The number of thiocarbonyl (C=S) groups is 1. The second kappa shape index (κ2) is 21.9. The van der Waals surface area contributed by atoms with E-state index in [-0.39, 0.29) is 40.5 Å². The summed E-state index contributed by atoms with van der Waals surface area (Å²) in [5, 5.41) is 10.9. The van der Waals surface area contributed by atoms with Crippen LogP contribution in [0.25, 0.3) is 0 Å². The summed E-state index contributed by atoms with van der Waals surface area (Å²) in [5.41, 5.74) is 0. The van der Waals surface area contributed by atoms with E-state index in [1.54, 1.807) is 0 Å². The van der Waals surface area contributed by atoms with Gasteiger partial charge in [-0.05, 0) is 12.3 Å². The van der Waals surface area contributed by atoms with Gasteiger partial charge in [-0.2, -0.15) is 0 Å². The molecule has 0 aromatic heterocycles. The summed E-state index contributed by atoms with van der Waals surface area (Å²) >= 11 is 4.67. The van der Waals surface area contributed by atoms with E-state index >= 15 is 0 Å². The Kier molecular flexibility index (Phi) is 24.8. The Morgan fingerprint density at radius 1 is 0.667 bits per heavy atom. The van der Waals surface area contributed by atoms with E-state index < -0.39 is 0 Å². The monoisotopic (exact) mass is 364 g/mol. The molecule has 0 saturated heterocycles. The average molecular weight is 365 g/mol. The minimum absolute atomic E-state index is 0. The second-order valence-corrected chi connectivity index (χ2v) is 7.71. The van der Waals surface area contributed by atoms with E-state index in [4.69, 9.17) is 0 Å². The SMILES string of the molecule is CCCCCCCCCCCCCCCCCCC(C)C([O-])=S.[Na+]. The molecule has 0 aliphatic rings. The maximum Gasteiger partial charge on any atom is 1.00 e. The largest absolute Gasteiger partial charge is 1.00 e. The Morgan fingerprint density at radius 2 is 0.958 bits per heavy atom. The van der Waals surface area contributed by atoms with Gasteiger partial charge in [0.1, 0.15) is 0 Å². The minimum Gasteiger partial charge on any atom is -0.867 e. The third kappa shape index (κ3) is 20.9. The van der Waals surface area contributed by atoms with Gasteiger partial charge in [-0.25, -0.2) is 0 Å². The van der Waals surface area contributed by atoms with Crippen molar-refractivity contribution in [2.45, 2.75) is 123 Å². The van der Waals surface area contributed by atoms with Crippen molar-refractivity contribution in [1.29, 1.82) is 0 Å². The van der Waals surface area contributed by atoms with Crippen LogP contribution < -0.4 is 34.7 Å². The maximum absolute atomic E-state index is 10.9. The number of unbranched alkanes of at least 4 members (excludes halogenated alkanes) is 15. The quantitative estimate of drug-likeness (QED) is 0.209. The van der Waals surface area contributed by atoms with Gasteiger partial charge in [0, 0.05) is 0 Å². The summed E-state index contributed by atoms with van der Waals surface area (Å²) in [6.45, 7) is 4.24. The zero-order valence-electron chi connectivity index (χ0n) is 16.9. The summed E-state index contributed by atoms with van der Waals surface area (Å²) in [7, 11) is 0. The van der Waals surface area contributed by atoms with Gasteiger partial charge in [0.25, 0.3) is 0 Å². The number of hydrogen-bond donors (Lipinski definition) is 0. The van der Waals surface area contributed by atoms with Crippen LogP contribution in [-0.4, -0.2) is 5.05 Å². The Hall–Kier alpha value is 0.890. The molecule has 3 heteroatoms. The van der Waals surface area contributed by atoms with Crippen molar-refractivity contribution in [1.82, 2.24) is 0 Å². The molecule has 0 heterocycles. The fourth-order valence-electron chi connectivity index (χ4n) is 3.12. The van der Waals surface area contributed by atoms with Crippen LogP contribution in [0.15, 0.2) is 0 Å². The van der Waals surface area contributed by atoms with Crippen LogP contribution in [0.2, 0.25) is 0 Å². The normalized spacial score (nSPS) is 11.9. The Balaban J connectivity index is 0. The first-order valence-corrected chi connectivity index (χ1v) is 10.8. The fraction of sp³-hybridized carbons (Fsp3) is 0.952. The summed E-state index contributed by atoms with van der Waals surface area (Å²) in [6, 6.07) is 0. The van der Waals surface area contributed by atoms with Gasteiger partial charge < -0.3 is 5.11 Å². The van der Waals surface area contributed by atoms with Gasteiger partial charge >= 0.3 is 29.6 Å². The summed E-state index contributed by atoms with van der Waals surface area (Å²) in [4.78, 5) is 0. The molecule has 24 heavy (non-hydrogen) atoms. The van der Waals surface area contributed by atoms with Crippen LogP contribution in [0.1, 0.15) is 123 Å². The average Bonchev–Trinajstić information content (AvgIpc) is 2.54. The van der Waals surface area contributed by atoms with Crippen LogP contribution >= 0.6 is 12.2 Å². The molecule has 0 aliphatic carbocycles. The van der Waals surface area contributed by atoms with Crippen LogP contribution in [-0.2, 0) is 0 Å². The first kappa shape index (κ1) is 27.1. The zero-order chi connectivity index (χ0) is 17.2. The van der Waals surface area contributed by atoms with E-state index in [1.165, 1.54) is 103 Å². The smallest absolute Gasteiger partial charge is 0.867 e. The Bertz CT molecular complexity index is 258. The van der Waals surface area contributed by atoms with E-state index in [1.807, 2.05) is 6.92 Å². The van der Waals surface area contributed by atoms with Crippen molar-refractivity contribution in [2.75, 3.05) is 0 Å². The molecule has 0 amide bonds. The van der Waals surface area contributed by atoms with E-state index in [9.17, 15) is 5.11 Å². The summed E-state index contributed by atoms with van der Waals surface area (Å²) in [5.74, 6) is 0.0941. The van der Waals surface area contributed by atoms with Crippen molar-refractivity contribution in [3.8, 4) is 0 Å². The van der Waals surface area contributed by atoms with Gasteiger partial charge in [-0.3, -0.25) is 0 Å². The molecule has 0 fully saturated rings. The molecule has 0 N–H and O–H groups in total. The third-order valence-electron chi connectivity index (χ3n) is 4.89. The molecule has 0 aromatic carbocycles. The maximum atomic E-state index is 10.9. The predicted octanol–water partition coefficient (Wildman–Crippen LogP) is 3.97. The van der Waals surface area contributed by atoms with Crippen molar-refractivity contribution in [3.05, 3.63) is 0 Å². The third-order valence-corrected chi connectivity index (χ3v) is 5.30. The van der Waals surface area contributed by atoms with Gasteiger partial charge in [-0.15, -0.1) is 12.2 Å². The molecule has 0 saturated carbocycles. The number of rotatable bonds is 18. The van der Waals surface area contributed by atoms with Gasteiger partial charge in [-0.1, -0.05) is 122 Å². The van der Waals surface area contributed by atoms with Crippen LogP contribution in [0.5, 0.6) is 0 Å². The van der Waals surface area contributed by atoms with Crippen molar-refractivity contribution in [3.63, 3.8) is 0 Å². The molecule has 0 aliphatic heterocycles. The topological polar surface area (TPSA) is 23.1 Å². The first-order chi connectivity index (χ1) is 11.2. The zero-order valence-corrected chi connectivity index (χ0v) is 19.7. The van der Waals surface area contributed by atoms with E-state index in [0.717, 1.165) is 6.42 Å².